The fourth-order valence-corrected chi connectivity index (χ4v) is 2.99. The predicted octanol–water partition coefficient (Wildman–Crippen LogP) is 4.68. The molecule has 0 N–H and O–H groups in total. The molecule has 1 aromatic carbocycles. The quantitative estimate of drug-likeness (QED) is 0.781. The highest BCUT2D eigenvalue weighted by Crippen LogP contribution is 2.32. The largest absolute Gasteiger partial charge is 0.493 e. The van der Waals surface area contributed by atoms with Gasteiger partial charge in [0.1, 0.15) is 17.6 Å². The lowest BCUT2D eigenvalue weighted by atomic mass is 9.80. The van der Waals surface area contributed by atoms with Crippen molar-refractivity contribution >= 4 is 0 Å². The Hall–Kier alpha value is -1.56. The molecule has 0 aromatic heterocycles. The van der Waals surface area contributed by atoms with E-state index in [9.17, 15) is 4.39 Å². The van der Waals surface area contributed by atoms with Crippen molar-refractivity contribution in [2.45, 2.75) is 45.4 Å². The van der Waals surface area contributed by atoms with Gasteiger partial charge in [0.25, 0.3) is 0 Å². The van der Waals surface area contributed by atoms with Crippen LogP contribution in [-0.2, 0) is 0 Å². The van der Waals surface area contributed by atoms with E-state index in [0.29, 0.717) is 18.3 Å². The summed E-state index contributed by atoms with van der Waals surface area (Å²) in [6, 6.07) is 6.27. The third-order valence-electron chi connectivity index (χ3n) is 4.21. The van der Waals surface area contributed by atoms with Gasteiger partial charge in [-0.05, 0) is 36.8 Å². The van der Waals surface area contributed by atoms with E-state index in [2.05, 4.69) is 6.92 Å². The molecule has 0 heterocycles. The first kappa shape index (κ1) is 14.8. The summed E-state index contributed by atoms with van der Waals surface area (Å²) in [4.78, 5) is 0. The highest BCUT2D eigenvalue weighted by Gasteiger charge is 2.21. The third-order valence-corrected chi connectivity index (χ3v) is 4.21. The zero-order chi connectivity index (χ0) is 14.4. The fourth-order valence-electron chi connectivity index (χ4n) is 2.99. The van der Waals surface area contributed by atoms with Gasteiger partial charge in [-0.25, -0.2) is 4.39 Å². The standard InChI is InChI=1S/C17H22FNO/c1-2-3-13-4-6-14(7-5-13)12-20-16-9-8-15(11-19)17(18)10-16/h8-10,13-14H,2-7,12H2,1H3. The van der Waals surface area contributed by atoms with Crippen LogP contribution in [0.15, 0.2) is 18.2 Å². The summed E-state index contributed by atoms with van der Waals surface area (Å²) in [6.45, 7) is 2.90. The maximum absolute atomic E-state index is 13.4. The Morgan fingerprint density at radius 3 is 2.55 bits per heavy atom. The molecule has 20 heavy (non-hydrogen) atoms. The molecule has 0 radical (unpaired) electrons. The van der Waals surface area contributed by atoms with Crippen LogP contribution in [0.25, 0.3) is 0 Å². The van der Waals surface area contributed by atoms with Gasteiger partial charge >= 0.3 is 0 Å². The third kappa shape index (κ3) is 3.96. The summed E-state index contributed by atoms with van der Waals surface area (Å²) in [5.74, 6) is 1.50. The fraction of sp³-hybridized carbons (Fsp3) is 0.588. The molecule has 3 heteroatoms. The molecule has 2 rings (SSSR count). The maximum Gasteiger partial charge on any atom is 0.144 e. The molecule has 0 amide bonds. The minimum Gasteiger partial charge on any atom is -0.493 e. The highest BCUT2D eigenvalue weighted by molar-refractivity contribution is 5.36. The van der Waals surface area contributed by atoms with E-state index < -0.39 is 5.82 Å². The van der Waals surface area contributed by atoms with Crippen LogP contribution in [0.5, 0.6) is 5.75 Å². The summed E-state index contributed by atoms with van der Waals surface area (Å²) in [6.07, 6.45) is 7.63. The van der Waals surface area contributed by atoms with Crippen LogP contribution >= 0.6 is 0 Å². The molecule has 1 fully saturated rings. The van der Waals surface area contributed by atoms with E-state index >= 15 is 0 Å². The Morgan fingerprint density at radius 2 is 1.95 bits per heavy atom. The van der Waals surface area contributed by atoms with Crippen LogP contribution in [0.3, 0.4) is 0 Å². The molecule has 2 nitrogen and oxygen atoms in total. The summed E-state index contributed by atoms with van der Waals surface area (Å²) in [7, 11) is 0. The molecular formula is C17H22FNO. The molecule has 1 saturated carbocycles. The van der Waals surface area contributed by atoms with Gasteiger partial charge < -0.3 is 4.74 Å². The normalized spacial score (nSPS) is 22.2. The molecule has 108 valence electrons. The summed E-state index contributed by atoms with van der Waals surface area (Å²) in [5, 5.41) is 8.68. The van der Waals surface area contributed by atoms with E-state index in [1.807, 2.05) is 6.07 Å². The van der Waals surface area contributed by atoms with Crippen molar-refractivity contribution in [3.63, 3.8) is 0 Å². The zero-order valence-corrected chi connectivity index (χ0v) is 12.1. The number of ether oxygens (including phenoxy) is 1. The van der Waals surface area contributed by atoms with Gasteiger partial charge in [0.05, 0.1) is 12.2 Å². The van der Waals surface area contributed by atoms with E-state index in [4.69, 9.17) is 10.00 Å². The van der Waals surface area contributed by atoms with E-state index in [-0.39, 0.29) is 5.56 Å². The predicted molar refractivity (Wildman–Crippen MR) is 77.0 cm³/mol. The second-order valence-electron chi connectivity index (χ2n) is 5.74. The number of hydrogen-bond acceptors (Lipinski definition) is 2. The molecule has 0 bridgehead atoms. The first-order valence-electron chi connectivity index (χ1n) is 7.55. The van der Waals surface area contributed by atoms with Crippen LogP contribution in [0.4, 0.5) is 4.39 Å². The Morgan fingerprint density at radius 1 is 1.25 bits per heavy atom. The summed E-state index contributed by atoms with van der Waals surface area (Å²) >= 11 is 0. The number of halogens is 1. The lowest BCUT2D eigenvalue weighted by Crippen LogP contribution is -2.20. The first-order valence-corrected chi connectivity index (χ1v) is 7.55. The molecule has 1 aliphatic rings. The minimum absolute atomic E-state index is 0.0671. The van der Waals surface area contributed by atoms with Crippen LogP contribution in [0.1, 0.15) is 51.0 Å². The van der Waals surface area contributed by atoms with Gasteiger partial charge in [-0.3, -0.25) is 0 Å². The number of nitrogens with zero attached hydrogens (tertiary/aromatic N) is 1. The molecule has 0 unspecified atom stereocenters. The van der Waals surface area contributed by atoms with Gasteiger partial charge in [0.2, 0.25) is 0 Å². The van der Waals surface area contributed by atoms with Crippen molar-refractivity contribution in [1.29, 1.82) is 5.26 Å². The SMILES string of the molecule is CCCC1CCC(COc2ccc(C#N)c(F)c2)CC1. The molecule has 0 spiro atoms. The molecule has 0 atom stereocenters. The van der Waals surface area contributed by atoms with Crippen LogP contribution in [0, 0.1) is 29.0 Å². The van der Waals surface area contributed by atoms with Crippen molar-refractivity contribution in [3.8, 4) is 11.8 Å². The first-order chi connectivity index (χ1) is 9.72. The second kappa shape index (κ2) is 7.28. The van der Waals surface area contributed by atoms with Gasteiger partial charge in [-0.1, -0.05) is 32.6 Å². The monoisotopic (exact) mass is 275 g/mol. The average Bonchev–Trinajstić information content (AvgIpc) is 2.47. The highest BCUT2D eigenvalue weighted by atomic mass is 19.1. The Bertz CT molecular complexity index is 472. The molecule has 1 aromatic rings. The van der Waals surface area contributed by atoms with Crippen molar-refractivity contribution in [2.75, 3.05) is 6.61 Å². The van der Waals surface area contributed by atoms with Crippen molar-refractivity contribution in [2.24, 2.45) is 11.8 Å². The number of rotatable bonds is 5. The van der Waals surface area contributed by atoms with Gasteiger partial charge in [0, 0.05) is 6.07 Å². The lowest BCUT2D eigenvalue weighted by Gasteiger charge is -2.28. The topological polar surface area (TPSA) is 33.0 Å². The smallest absolute Gasteiger partial charge is 0.144 e. The average molecular weight is 275 g/mol. The Kier molecular flexibility index (Phi) is 5.40. The van der Waals surface area contributed by atoms with Crippen molar-refractivity contribution < 1.29 is 9.13 Å². The minimum atomic E-state index is -0.503. The van der Waals surface area contributed by atoms with E-state index in [1.54, 1.807) is 6.07 Å². The van der Waals surface area contributed by atoms with E-state index in [0.717, 1.165) is 5.92 Å². The Balaban J connectivity index is 1.79. The van der Waals surface area contributed by atoms with E-state index in [1.165, 1.54) is 50.7 Å². The lowest BCUT2D eigenvalue weighted by molar-refractivity contribution is 0.178. The molecular weight excluding hydrogens is 253 g/mol. The summed E-state index contributed by atoms with van der Waals surface area (Å²) < 4.78 is 19.1. The molecule has 0 saturated heterocycles. The van der Waals surface area contributed by atoms with Crippen molar-refractivity contribution in [3.05, 3.63) is 29.6 Å². The van der Waals surface area contributed by atoms with Gasteiger partial charge in [-0.15, -0.1) is 0 Å². The zero-order valence-electron chi connectivity index (χ0n) is 12.1. The number of hydrogen-bond donors (Lipinski definition) is 0. The molecule has 1 aliphatic carbocycles. The van der Waals surface area contributed by atoms with Crippen LogP contribution in [0.2, 0.25) is 0 Å². The van der Waals surface area contributed by atoms with Crippen molar-refractivity contribution in [1.82, 2.24) is 0 Å². The maximum atomic E-state index is 13.4. The van der Waals surface area contributed by atoms with Crippen LogP contribution < -0.4 is 4.74 Å². The Labute approximate surface area is 120 Å². The van der Waals surface area contributed by atoms with Gasteiger partial charge in [0.15, 0.2) is 0 Å². The number of nitriles is 1. The molecule has 0 aliphatic heterocycles. The van der Waals surface area contributed by atoms with Gasteiger partial charge in [-0.2, -0.15) is 5.26 Å². The van der Waals surface area contributed by atoms with Crippen LogP contribution in [-0.4, -0.2) is 6.61 Å². The second-order valence-corrected chi connectivity index (χ2v) is 5.74. The number of benzene rings is 1. The summed E-state index contributed by atoms with van der Waals surface area (Å²) in [5.41, 5.74) is 0.0671.